The van der Waals surface area contributed by atoms with Crippen molar-refractivity contribution in [3.05, 3.63) is 76.9 Å². The summed E-state index contributed by atoms with van der Waals surface area (Å²) in [5, 5.41) is 0. The van der Waals surface area contributed by atoms with Gasteiger partial charge in [0, 0.05) is 29.3 Å². The number of ketones is 1. The Kier molecular flexibility index (Phi) is 8.99. The number of halogens is 1. The van der Waals surface area contributed by atoms with Crippen molar-refractivity contribution in [2.45, 2.75) is 57.7 Å². The summed E-state index contributed by atoms with van der Waals surface area (Å²) in [6, 6.07) is 14.6. The summed E-state index contributed by atoms with van der Waals surface area (Å²) >= 11 is 0. The molecule has 1 fully saturated rings. The van der Waals surface area contributed by atoms with Gasteiger partial charge in [0.2, 0.25) is 5.89 Å². The Labute approximate surface area is 209 Å². The Morgan fingerprint density at radius 2 is 1.71 bits per heavy atom. The zero-order chi connectivity index (χ0) is 24.6. The Morgan fingerprint density at radius 1 is 1.03 bits per heavy atom. The van der Waals surface area contributed by atoms with E-state index in [2.05, 4.69) is 22.0 Å². The lowest BCUT2D eigenvalue weighted by atomic mass is 10.1. The second kappa shape index (κ2) is 12.4. The molecule has 1 saturated heterocycles. The van der Waals surface area contributed by atoms with E-state index in [9.17, 15) is 13.4 Å². The minimum absolute atomic E-state index is 0.0102. The fourth-order valence-corrected chi connectivity index (χ4v) is 5.59. The molecule has 1 unspecified atom stereocenters. The molecule has 3 aromatic rings. The third-order valence-electron chi connectivity index (χ3n) is 6.40. The average Bonchev–Trinajstić information content (AvgIpc) is 3.21. The van der Waals surface area contributed by atoms with Crippen molar-refractivity contribution < 1.29 is 17.8 Å². The number of benzene rings is 2. The van der Waals surface area contributed by atoms with Gasteiger partial charge in [-0.25, -0.2) is 9.37 Å². The second-order valence-electron chi connectivity index (χ2n) is 9.30. The highest BCUT2D eigenvalue weighted by Crippen LogP contribution is 2.24. The highest BCUT2D eigenvalue weighted by Gasteiger charge is 2.17. The van der Waals surface area contributed by atoms with Gasteiger partial charge < -0.3 is 4.42 Å². The van der Waals surface area contributed by atoms with Crippen molar-refractivity contribution in [2.75, 3.05) is 18.8 Å². The van der Waals surface area contributed by atoms with Crippen molar-refractivity contribution in [1.29, 1.82) is 0 Å². The quantitative estimate of drug-likeness (QED) is 0.345. The van der Waals surface area contributed by atoms with Crippen LogP contribution in [-0.2, 0) is 34.3 Å². The van der Waals surface area contributed by atoms with Crippen LogP contribution in [0.1, 0.15) is 54.7 Å². The number of hydrogen-bond acceptors (Lipinski definition) is 5. The molecule has 5 nitrogen and oxygen atoms in total. The first-order valence-electron chi connectivity index (χ1n) is 12.4. The van der Waals surface area contributed by atoms with Crippen LogP contribution < -0.4 is 0 Å². The van der Waals surface area contributed by atoms with Gasteiger partial charge in [-0.05, 0) is 81.1 Å². The normalized spacial score (nSPS) is 15.3. The zero-order valence-electron chi connectivity index (χ0n) is 20.3. The van der Waals surface area contributed by atoms with E-state index >= 15 is 0 Å². The number of carbonyl (C=O) groups is 1. The lowest BCUT2D eigenvalue weighted by Crippen LogP contribution is -2.28. The molecular weight excluding hydrogens is 463 g/mol. The van der Waals surface area contributed by atoms with Gasteiger partial charge in [-0.3, -0.25) is 13.9 Å². The number of oxazole rings is 1. The Balaban J connectivity index is 1.25. The van der Waals surface area contributed by atoms with Gasteiger partial charge in [0.1, 0.15) is 17.4 Å². The van der Waals surface area contributed by atoms with E-state index < -0.39 is 10.8 Å². The van der Waals surface area contributed by atoms with Gasteiger partial charge in [-0.15, -0.1) is 0 Å². The molecule has 0 amide bonds. The van der Waals surface area contributed by atoms with Crippen molar-refractivity contribution in [1.82, 2.24) is 9.88 Å². The number of aromatic nitrogens is 1. The summed E-state index contributed by atoms with van der Waals surface area (Å²) in [4.78, 5) is 19.3. The SMILES string of the molecule is Cc1oc(-c2ccc(CN3CCCCC3)cc2)nc1CS(=O)CC(=O)CCCc1ccc(F)cc1. The number of Topliss-reactive ketones (excluding diaryl/α,β-unsaturated/α-hetero) is 1. The second-order valence-corrected chi connectivity index (χ2v) is 10.8. The summed E-state index contributed by atoms with van der Waals surface area (Å²) in [6.07, 6.45) is 5.59. The minimum atomic E-state index is -1.34. The zero-order valence-corrected chi connectivity index (χ0v) is 21.1. The fraction of sp³-hybridized carbons (Fsp3) is 0.429. The summed E-state index contributed by atoms with van der Waals surface area (Å²) in [7, 11) is -1.34. The molecule has 0 spiro atoms. The van der Waals surface area contributed by atoms with Crippen LogP contribution in [0.2, 0.25) is 0 Å². The molecule has 1 atom stereocenters. The maximum Gasteiger partial charge on any atom is 0.226 e. The molecule has 0 radical (unpaired) electrons. The predicted molar refractivity (Wildman–Crippen MR) is 137 cm³/mol. The maximum atomic E-state index is 13.0. The number of rotatable bonds is 11. The molecule has 1 aromatic heterocycles. The number of piperidine rings is 1. The number of carbonyl (C=O) groups excluding carboxylic acids is 1. The molecule has 4 rings (SSSR count). The van der Waals surface area contributed by atoms with Gasteiger partial charge in [-0.1, -0.05) is 30.7 Å². The molecule has 1 aliphatic rings. The van der Waals surface area contributed by atoms with E-state index in [1.54, 1.807) is 12.1 Å². The van der Waals surface area contributed by atoms with Crippen LogP contribution in [-0.4, -0.2) is 38.7 Å². The van der Waals surface area contributed by atoms with Crippen molar-refractivity contribution in [3.63, 3.8) is 0 Å². The number of hydrogen-bond donors (Lipinski definition) is 0. The molecule has 0 N–H and O–H groups in total. The average molecular weight is 497 g/mol. The van der Waals surface area contributed by atoms with Gasteiger partial charge >= 0.3 is 0 Å². The minimum Gasteiger partial charge on any atom is -0.441 e. The van der Waals surface area contributed by atoms with Crippen LogP contribution in [0.25, 0.3) is 11.5 Å². The Morgan fingerprint density at radius 3 is 2.43 bits per heavy atom. The van der Waals surface area contributed by atoms with Crippen molar-refractivity contribution in [2.24, 2.45) is 0 Å². The lowest BCUT2D eigenvalue weighted by Gasteiger charge is -2.26. The number of nitrogens with zero attached hydrogens (tertiary/aromatic N) is 2. The van der Waals surface area contributed by atoms with E-state index in [4.69, 9.17) is 4.42 Å². The highest BCUT2D eigenvalue weighted by atomic mass is 32.2. The van der Waals surface area contributed by atoms with E-state index in [1.807, 2.05) is 19.1 Å². The molecule has 7 heteroatoms. The Bertz CT molecular complexity index is 1140. The summed E-state index contributed by atoms with van der Waals surface area (Å²) in [5.74, 6) is 1.06. The van der Waals surface area contributed by atoms with E-state index in [1.165, 1.54) is 37.0 Å². The third kappa shape index (κ3) is 7.67. The summed E-state index contributed by atoms with van der Waals surface area (Å²) in [5.41, 5.74) is 3.79. The van der Waals surface area contributed by atoms with E-state index in [0.717, 1.165) is 30.8 Å². The van der Waals surface area contributed by atoms with Crippen molar-refractivity contribution in [3.8, 4) is 11.5 Å². The molecule has 186 valence electrons. The van der Waals surface area contributed by atoms with Crippen LogP contribution in [0.5, 0.6) is 0 Å². The van der Waals surface area contributed by atoms with Crippen molar-refractivity contribution >= 4 is 16.6 Å². The summed E-state index contributed by atoms with van der Waals surface area (Å²) < 4.78 is 31.4. The molecule has 2 aromatic carbocycles. The van der Waals surface area contributed by atoms with E-state index in [0.29, 0.717) is 36.6 Å². The molecule has 0 saturated carbocycles. The molecule has 2 heterocycles. The fourth-order valence-electron chi connectivity index (χ4n) is 4.41. The third-order valence-corrected chi connectivity index (χ3v) is 7.64. The van der Waals surface area contributed by atoms with Crippen LogP contribution in [0.4, 0.5) is 4.39 Å². The predicted octanol–water partition coefficient (Wildman–Crippen LogP) is 5.62. The molecule has 1 aliphatic heterocycles. The van der Waals surface area contributed by atoms with Crippen LogP contribution in [0, 0.1) is 12.7 Å². The van der Waals surface area contributed by atoms with Crippen LogP contribution >= 0.6 is 0 Å². The topological polar surface area (TPSA) is 63.4 Å². The van der Waals surface area contributed by atoms with Crippen LogP contribution in [0.15, 0.2) is 52.9 Å². The lowest BCUT2D eigenvalue weighted by molar-refractivity contribution is -0.116. The standard InChI is InChI=1S/C28H33FN2O3S/c1-21-27(20-35(33)19-26(32)7-5-6-22-10-14-25(29)15-11-22)30-28(34-21)24-12-8-23(9-13-24)18-31-16-3-2-4-17-31/h8-15H,2-7,16-20H2,1H3. The van der Waals surface area contributed by atoms with Gasteiger partial charge in [-0.2, -0.15) is 0 Å². The molecule has 0 bridgehead atoms. The first-order valence-corrected chi connectivity index (χ1v) is 13.8. The largest absolute Gasteiger partial charge is 0.441 e. The van der Waals surface area contributed by atoms with E-state index in [-0.39, 0.29) is 23.1 Å². The van der Waals surface area contributed by atoms with Gasteiger partial charge in [0.05, 0.1) is 17.2 Å². The smallest absolute Gasteiger partial charge is 0.226 e. The highest BCUT2D eigenvalue weighted by molar-refractivity contribution is 7.84. The Hall–Kier alpha value is -2.64. The molecule has 0 aliphatic carbocycles. The van der Waals surface area contributed by atoms with Gasteiger partial charge in [0.15, 0.2) is 0 Å². The van der Waals surface area contributed by atoms with Crippen LogP contribution in [0.3, 0.4) is 0 Å². The maximum absolute atomic E-state index is 13.0. The molecule has 35 heavy (non-hydrogen) atoms. The number of likely N-dealkylation sites (tertiary alicyclic amines) is 1. The van der Waals surface area contributed by atoms with Gasteiger partial charge in [0.25, 0.3) is 0 Å². The summed E-state index contributed by atoms with van der Waals surface area (Å²) in [6.45, 7) is 5.11. The first-order chi connectivity index (χ1) is 17.0. The first kappa shape index (κ1) is 25.5. The number of aryl methyl sites for hydroxylation is 2. The molecular formula is C28H33FN2O3S. The monoisotopic (exact) mass is 496 g/mol.